The number of methoxy groups -OCH3 is 1. The molecule has 0 aromatic heterocycles. The van der Waals surface area contributed by atoms with Crippen molar-refractivity contribution in [2.45, 2.75) is 25.9 Å². The van der Waals surface area contributed by atoms with E-state index >= 15 is 0 Å². The van der Waals surface area contributed by atoms with E-state index in [0.717, 1.165) is 17.9 Å². The van der Waals surface area contributed by atoms with E-state index in [2.05, 4.69) is 0 Å². The molecule has 0 radical (unpaired) electrons. The minimum atomic E-state index is -0.745. The number of allylic oxidation sites excluding steroid dienone is 1. The molecule has 102 valence electrons. The molecule has 1 saturated heterocycles. The van der Waals surface area contributed by atoms with E-state index in [1.54, 1.807) is 7.11 Å². The number of carboxylic acid groups (broad SMARTS) is 1. The Hall–Kier alpha value is -1.81. The van der Waals surface area contributed by atoms with Gasteiger partial charge in [0.15, 0.2) is 0 Å². The second kappa shape index (κ2) is 5.89. The number of ether oxygens (including phenoxy) is 1. The van der Waals surface area contributed by atoms with E-state index in [0.29, 0.717) is 13.0 Å². The van der Waals surface area contributed by atoms with Gasteiger partial charge in [0.1, 0.15) is 11.8 Å². The predicted molar refractivity (Wildman–Crippen MR) is 73.2 cm³/mol. The Balaban J connectivity index is 2.09. The van der Waals surface area contributed by atoms with Crippen LogP contribution in [0.25, 0.3) is 0 Å². The lowest BCUT2D eigenvalue weighted by Crippen LogP contribution is -2.35. The highest BCUT2D eigenvalue weighted by Gasteiger charge is 2.32. The Morgan fingerprint density at radius 3 is 2.68 bits per heavy atom. The minimum Gasteiger partial charge on any atom is -0.497 e. The highest BCUT2D eigenvalue weighted by atomic mass is 16.5. The average Bonchev–Trinajstić information content (AvgIpc) is 2.83. The number of hydrogen-bond acceptors (Lipinski definition) is 3. The van der Waals surface area contributed by atoms with Crippen LogP contribution in [-0.2, 0) is 11.3 Å². The van der Waals surface area contributed by atoms with Gasteiger partial charge in [-0.05, 0) is 31.0 Å². The van der Waals surface area contributed by atoms with Crippen LogP contribution in [-0.4, -0.2) is 35.7 Å². The summed E-state index contributed by atoms with van der Waals surface area (Å²) in [5.41, 5.74) is 2.30. The number of carbonyl (C=O) groups is 1. The molecule has 0 spiro atoms. The summed E-state index contributed by atoms with van der Waals surface area (Å²) >= 11 is 0. The van der Waals surface area contributed by atoms with Crippen molar-refractivity contribution in [1.82, 2.24) is 4.90 Å². The fraction of sp³-hybridized carbons (Fsp3) is 0.400. The maximum absolute atomic E-state index is 11.3. The van der Waals surface area contributed by atoms with E-state index in [1.807, 2.05) is 42.2 Å². The predicted octanol–water partition coefficient (Wildman–Crippen LogP) is 2.30. The molecular weight excluding hydrogens is 242 g/mol. The van der Waals surface area contributed by atoms with Crippen LogP contribution in [0.15, 0.2) is 35.9 Å². The largest absolute Gasteiger partial charge is 0.497 e. The van der Waals surface area contributed by atoms with Crippen LogP contribution in [0.5, 0.6) is 5.75 Å². The molecule has 4 nitrogen and oxygen atoms in total. The number of benzene rings is 1. The first-order valence-electron chi connectivity index (χ1n) is 6.38. The zero-order valence-electron chi connectivity index (χ0n) is 11.3. The Bertz CT molecular complexity index is 479. The van der Waals surface area contributed by atoms with E-state index in [4.69, 9.17) is 4.74 Å². The molecule has 0 unspecified atom stereocenters. The minimum absolute atomic E-state index is 0.409. The molecule has 0 aliphatic carbocycles. The third-order valence-electron chi connectivity index (χ3n) is 3.54. The average molecular weight is 261 g/mol. The van der Waals surface area contributed by atoms with Gasteiger partial charge in [0.25, 0.3) is 0 Å². The quantitative estimate of drug-likeness (QED) is 0.845. The van der Waals surface area contributed by atoms with Gasteiger partial charge < -0.3 is 9.84 Å². The molecule has 19 heavy (non-hydrogen) atoms. The summed E-state index contributed by atoms with van der Waals surface area (Å²) in [5, 5.41) is 9.27. The summed E-state index contributed by atoms with van der Waals surface area (Å²) in [4.78, 5) is 13.3. The number of hydrogen-bond donors (Lipinski definition) is 1. The third kappa shape index (κ3) is 3.15. The summed E-state index contributed by atoms with van der Waals surface area (Å²) in [5.74, 6) is 0.0689. The molecule has 4 heteroatoms. The highest BCUT2D eigenvalue weighted by Crippen LogP contribution is 2.25. The molecule has 0 amide bonds. The second-order valence-electron chi connectivity index (χ2n) is 4.76. The number of rotatable bonds is 4. The summed E-state index contributed by atoms with van der Waals surface area (Å²) < 4.78 is 5.12. The zero-order valence-corrected chi connectivity index (χ0v) is 11.3. The molecule has 1 aliphatic heterocycles. The molecule has 1 aromatic rings. The van der Waals surface area contributed by atoms with Crippen LogP contribution < -0.4 is 4.74 Å². The number of nitrogens with zero attached hydrogens (tertiary/aromatic N) is 1. The van der Waals surface area contributed by atoms with E-state index in [-0.39, 0.29) is 0 Å². The van der Waals surface area contributed by atoms with Gasteiger partial charge in [0, 0.05) is 13.1 Å². The van der Waals surface area contributed by atoms with Crippen LogP contribution in [0, 0.1) is 0 Å². The topological polar surface area (TPSA) is 49.8 Å². The fourth-order valence-electron chi connectivity index (χ4n) is 2.40. The van der Waals surface area contributed by atoms with Gasteiger partial charge in [0.05, 0.1) is 7.11 Å². The second-order valence-corrected chi connectivity index (χ2v) is 4.76. The Morgan fingerprint density at radius 1 is 1.47 bits per heavy atom. The molecule has 1 N–H and O–H groups in total. The van der Waals surface area contributed by atoms with Crippen LogP contribution in [0.1, 0.15) is 18.9 Å². The summed E-state index contributed by atoms with van der Waals surface area (Å²) in [6.07, 6.45) is 2.64. The number of carboxylic acids is 1. The van der Waals surface area contributed by atoms with Gasteiger partial charge >= 0.3 is 5.97 Å². The first kappa shape index (κ1) is 13.6. The van der Waals surface area contributed by atoms with Crippen LogP contribution in [0.4, 0.5) is 0 Å². The Labute approximate surface area is 113 Å². The van der Waals surface area contributed by atoms with E-state index in [9.17, 15) is 9.90 Å². The molecule has 1 heterocycles. The van der Waals surface area contributed by atoms with Gasteiger partial charge in [-0.2, -0.15) is 0 Å². The molecular formula is C15H19NO3. The molecule has 1 aromatic carbocycles. The normalized spacial score (nSPS) is 21.8. The SMILES string of the molecule is C/C=C1\C[C@@H](C(=O)O)N(Cc2ccc(OC)cc2)C1. The van der Waals surface area contributed by atoms with E-state index < -0.39 is 12.0 Å². The van der Waals surface area contributed by atoms with Crippen molar-refractivity contribution in [2.24, 2.45) is 0 Å². The molecule has 0 saturated carbocycles. The first-order chi connectivity index (χ1) is 9.13. The van der Waals surface area contributed by atoms with Gasteiger partial charge in [0.2, 0.25) is 0 Å². The third-order valence-corrected chi connectivity index (χ3v) is 3.54. The lowest BCUT2D eigenvalue weighted by molar-refractivity contribution is -0.142. The first-order valence-corrected chi connectivity index (χ1v) is 6.38. The number of aliphatic carboxylic acids is 1. The molecule has 1 aliphatic rings. The van der Waals surface area contributed by atoms with Crippen molar-refractivity contribution in [1.29, 1.82) is 0 Å². The Kier molecular flexibility index (Phi) is 4.22. The van der Waals surface area contributed by atoms with Crippen molar-refractivity contribution >= 4 is 5.97 Å². The highest BCUT2D eigenvalue weighted by molar-refractivity contribution is 5.74. The van der Waals surface area contributed by atoms with Crippen LogP contribution in [0.3, 0.4) is 0 Å². The molecule has 0 bridgehead atoms. The lowest BCUT2D eigenvalue weighted by atomic mass is 10.1. The Morgan fingerprint density at radius 2 is 2.16 bits per heavy atom. The van der Waals surface area contributed by atoms with Crippen molar-refractivity contribution in [2.75, 3.05) is 13.7 Å². The maximum Gasteiger partial charge on any atom is 0.321 e. The van der Waals surface area contributed by atoms with Crippen molar-refractivity contribution in [3.05, 3.63) is 41.5 Å². The van der Waals surface area contributed by atoms with Crippen LogP contribution >= 0.6 is 0 Å². The van der Waals surface area contributed by atoms with E-state index in [1.165, 1.54) is 5.57 Å². The zero-order chi connectivity index (χ0) is 13.8. The van der Waals surface area contributed by atoms with Crippen molar-refractivity contribution in [3.63, 3.8) is 0 Å². The summed E-state index contributed by atoms with van der Waals surface area (Å²) in [6.45, 7) is 3.35. The standard InChI is InChI=1S/C15H19NO3/c1-3-11-8-14(15(17)18)16(9-11)10-12-4-6-13(19-2)7-5-12/h3-7,14H,8-10H2,1-2H3,(H,17,18)/b11-3+/t14-/m0/s1. The van der Waals surface area contributed by atoms with Gasteiger partial charge in [-0.25, -0.2) is 0 Å². The monoisotopic (exact) mass is 261 g/mol. The summed E-state index contributed by atoms with van der Waals surface area (Å²) in [7, 11) is 1.63. The molecule has 2 rings (SSSR count). The number of likely N-dealkylation sites (tertiary alicyclic amines) is 1. The van der Waals surface area contributed by atoms with Crippen molar-refractivity contribution < 1.29 is 14.6 Å². The fourth-order valence-corrected chi connectivity index (χ4v) is 2.40. The van der Waals surface area contributed by atoms with Crippen molar-refractivity contribution in [3.8, 4) is 5.75 Å². The van der Waals surface area contributed by atoms with Gasteiger partial charge in [-0.1, -0.05) is 23.8 Å². The maximum atomic E-state index is 11.3. The lowest BCUT2D eigenvalue weighted by Gasteiger charge is -2.20. The van der Waals surface area contributed by atoms with Gasteiger partial charge in [-0.3, -0.25) is 9.69 Å². The molecule has 1 fully saturated rings. The smallest absolute Gasteiger partial charge is 0.321 e. The summed E-state index contributed by atoms with van der Waals surface area (Å²) in [6, 6.07) is 7.35. The van der Waals surface area contributed by atoms with Crippen LogP contribution in [0.2, 0.25) is 0 Å². The van der Waals surface area contributed by atoms with Gasteiger partial charge in [-0.15, -0.1) is 0 Å². The molecule has 1 atom stereocenters.